The van der Waals surface area contributed by atoms with Crippen LogP contribution in [-0.2, 0) is 6.54 Å². The quantitative estimate of drug-likeness (QED) is 0.830. The highest BCUT2D eigenvalue weighted by Crippen LogP contribution is 2.33. The van der Waals surface area contributed by atoms with Crippen LogP contribution in [0.3, 0.4) is 0 Å². The molecule has 0 atom stereocenters. The number of nitrogens with zero attached hydrogens (tertiary/aromatic N) is 2. The number of ether oxygens (including phenoxy) is 1. The third-order valence-electron chi connectivity index (χ3n) is 3.04. The number of aromatic nitrogens is 1. The first-order valence-corrected chi connectivity index (χ1v) is 7.18. The van der Waals surface area contributed by atoms with Crippen molar-refractivity contribution in [3.8, 4) is 5.75 Å². The van der Waals surface area contributed by atoms with Gasteiger partial charge in [-0.1, -0.05) is 29.8 Å². The molecule has 2 heterocycles. The van der Waals surface area contributed by atoms with E-state index < -0.39 is 0 Å². The lowest BCUT2D eigenvalue weighted by Crippen LogP contribution is -2.33. The van der Waals surface area contributed by atoms with Crippen molar-refractivity contribution < 1.29 is 4.74 Å². The predicted octanol–water partition coefficient (Wildman–Crippen LogP) is 3.90. The third kappa shape index (κ3) is 2.69. The standard InChI is InChI=1S/C14H12BrClN2O/c15-11-7-13-14(17-8-11)18(5-6-19-13)9-10-3-1-2-4-12(10)16/h1-4,7-8H,5-6,9H2. The molecule has 3 nitrogen and oxygen atoms in total. The van der Waals surface area contributed by atoms with Crippen LogP contribution in [0.15, 0.2) is 41.0 Å². The normalized spacial score (nSPS) is 13.9. The van der Waals surface area contributed by atoms with Gasteiger partial charge in [0.1, 0.15) is 6.61 Å². The molecule has 0 unspecified atom stereocenters. The zero-order valence-corrected chi connectivity index (χ0v) is 12.5. The van der Waals surface area contributed by atoms with Gasteiger partial charge in [0.05, 0.1) is 6.54 Å². The molecule has 0 saturated heterocycles. The fraction of sp³-hybridized carbons (Fsp3) is 0.214. The van der Waals surface area contributed by atoms with Crippen molar-refractivity contribution in [1.29, 1.82) is 0 Å². The van der Waals surface area contributed by atoms with Crippen molar-refractivity contribution in [2.75, 3.05) is 18.1 Å². The first kappa shape index (κ1) is 12.8. The molecule has 0 fully saturated rings. The molecule has 0 aliphatic carbocycles. The zero-order valence-electron chi connectivity index (χ0n) is 10.1. The Morgan fingerprint density at radius 2 is 2.21 bits per heavy atom. The third-order valence-corrected chi connectivity index (χ3v) is 3.84. The zero-order chi connectivity index (χ0) is 13.2. The summed E-state index contributed by atoms with van der Waals surface area (Å²) in [6, 6.07) is 9.83. The topological polar surface area (TPSA) is 25.4 Å². The Balaban J connectivity index is 1.90. The summed E-state index contributed by atoms with van der Waals surface area (Å²) in [4.78, 5) is 6.62. The summed E-state index contributed by atoms with van der Waals surface area (Å²) in [5, 5.41) is 0.785. The fourth-order valence-corrected chi connectivity index (χ4v) is 2.62. The molecule has 0 radical (unpaired) electrons. The molecule has 0 spiro atoms. The molecule has 1 aromatic carbocycles. The van der Waals surface area contributed by atoms with Crippen LogP contribution in [0.1, 0.15) is 5.56 Å². The van der Waals surface area contributed by atoms with E-state index in [4.69, 9.17) is 16.3 Å². The Labute approximate surface area is 125 Å². The van der Waals surface area contributed by atoms with E-state index in [0.717, 1.165) is 39.7 Å². The largest absolute Gasteiger partial charge is 0.488 e. The van der Waals surface area contributed by atoms with E-state index in [2.05, 4.69) is 25.8 Å². The van der Waals surface area contributed by atoms with Gasteiger partial charge < -0.3 is 9.64 Å². The summed E-state index contributed by atoms with van der Waals surface area (Å²) in [6.07, 6.45) is 1.78. The van der Waals surface area contributed by atoms with Gasteiger partial charge in [-0.3, -0.25) is 0 Å². The first-order valence-electron chi connectivity index (χ1n) is 6.01. The number of benzene rings is 1. The van der Waals surface area contributed by atoms with E-state index in [1.807, 2.05) is 30.3 Å². The van der Waals surface area contributed by atoms with Gasteiger partial charge in [0, 0.05) is 22.2 Å². The lowest BCUT2D eigenvalue weighted by atomic mass is 10.2. The lowest BCUT2D eigenvalue weighted by Gasteiger charge is -2.30. The van der Waals surface area contributed by atoms with E-state index in [1.165, 1.54) is 0 Å². The van der Waals surface area contributed by atoms with Crippen LogP contribution < -0.4 is 9.64 Å². The lowest BCUT2D eigenvalue weighted by molar-refractivity contribution is 0.304. The fourth-order valence-electron chi connectivity index (χ4n) is 2.12. The summed E-state index contributed by atoms with van der Waals surface area (Å²) in [6.45, 7) is 2.22. The predicted molar refractivity (Wildman–Crippen MR) is 79.9 cm³/mol. The van der Waals surface area contributed by atoms with Crippen LogP contribution in [0, 0.1) is 0 Å². The van der Waals surface area contributed by atoms with Gasteiger partial charge in [-0.05, 0) is 33.6 Å². The van der Waals surface area contributed by atoms with Crippen molar-refractivity contribution in [2.45, 2.75) is 6.54 Å². The van der Waals surface area contributed by atoms with Crippen LogP contribution in [0.2, 0.25) is 5.02 Å². The number of pyridine rings is 1. The molecule has 0 bridgehead atoms. The summed E-state index contributed by atoms with van der Waals surface area (Å²) in [5.74, 6) is 1.68. The van der Waals surface area contributed by atoms with Gasteiger partial charge in [0.25, 0.3) is 0 Å². The number of fused-ring (bicyclic) bond motifs is 1. The van der Waals surface area contributed by atoms with Crippen molar-refractivity contribution in [3.63, 3.8) is 0 Å². The van der Waals surface area contributed by atoms with Gasteiger partial charge in [0.15, 0.2) is 11.6 Å². The Morgan fingerprint density at radius 1 is 1.37 bits per heavy atom. The highest BCUT2D eigenvalue weighted by atomic mass is 79.9. The highest BCUT2D eigenvalue weighted by Gasteiger charge is 2.20. The minimum Gasteiger partial charge on any atom is -0.488 e. The Morgan fingerprint density at radius 3 is 3.05 bits per heavy atom. The number of anilines is 1. The molecule has 19 heavy (non-hydrogen) atoms. The second-order valence-electron chi connectivity index (χ2n) is 4.34. The molecule has 1 aliphatic heterocycles. The van der Waals surface area contributed by atoms with Crippen LogP contribution in [0.4, 0.5) is 5.82 Å². The highest BCUT2D eigenvalue weighted by molar-refractivity contribution is 9.10. The second kappa shape index (κ2) is 5.39. The number of rotatable bonds is 2. The minimum atomic E-state index is 0.662. The van der Waals surface area contributed by atoms with E-state index in [0.29, 0.717) is 6.61 Å². The second-order valence-corrected chi connectivity index (χ2v) is 5.66. The van der Waals surface area contributed by atoms with Crippen LogP contribution >= 0.6 is 27.5 Å². The average Bonchev–Trinajstić information content (AvgIpc) is 2.41. The van der Waals surface area contributed by atoms with Crippen molar-refractivity contribution in [2.24, 2.45) is 0 Å². The maximum Gasteiger partial charge on any atom is 0.171 e. The van der Waals surface area contributed by atoms with Crippen LogP contribution in [0.5, 0.6) is 5.75 Å². The molecular formula is C14H12BrClN2O. The van der Waals surface area contributed by atoms with E-state index in [-0.39, 0.29) is 0 Å². The minimum absolute atomic E-state index is 0.662. The van der Waals surface area contributed by atoms with Gasteiger partial charge in [-0.25, -0.2) is 4.98 Å². The summed E-state index contributed by atoms with van der Waals surface area (Å²) >= 11 is 9.62. The molecule has 0 N–H and O–H groups in total. The summed E-state index contributed by atoms with van der Waals surface area (Å²) in [5.41, 5.74) is 1.10. The molecule has 0 saturated carbocycles. The van der Waals surface area contributed by atoms with Gasteiger partial charge >= 0.3 is 0 Å². The van der Waals surface area contributed by atoms with Crippen LogP contribution in [-0.4, -0.2) is 18.1 Å². The molecule has 5 heteroatoms. The number of hydrogen-bond acceptors (Lipinski definition) is 3. The molecule has 0 amide bonds. The van der Waals surface area contributed by atoms with E-state index >= 15 is 0 Å². The first-order chi connectivity index (χ1) is 9.24. The van der Waals surface area contributed by atoms with Gasteiger partial charge in [-0.2, -0.15) is 0 Å². The molecule has 1 aliphatic rings. The monoisotopic (exact) mass is 338 g/mol. The summed E-state index contributed by atoms with van der Waals surface area (Å²) in [7, 11) is 0. The SMILES string of the molecule is Clc1ccccc1CN1CCOc2cc(Br)cnc21. The number of halogens is 2. The summed E-state index contributed by atoms with van der Waals surface area (Å²) < 4.78 is 6.56. The molecule has 3 rings (SSSR count). The molecular weight excluding hydrogens is 328 g/mol. The van der Waals surface area contributed by atoms with Crippen molar-refractivity contribution in [3.05, 3.63) is 51.6 Å². The molecule has 98 valence electrons. The van der Waals surface area contributed by atoms with Crippen molar-refractivity contribution >= 4 is 33.3 Å². The van der Waals surface area contributed by atoms with Gasteiger partial charge in [0.2, 0.25) is 0 Å². The molecule has 1 aromatic heterocycles. The maximum absolute atomic E-state index is 6.21. The Kier molecular flexibility index (Phi) is 3.62. The average molecular weight is 340 g/mol. The number of hydrogen-bond donors (Lipinski definition) is 0. The smallest absolute Gasteiger partial charge is 0.171 e. The Bertz CT molecular complexity index is 606. The van der Waals surface area contributed by atoms with E-state index in [9.17, 15) is 0 Å². The van der Waals surface area contributed by atoms with Gasteiger partial charge in [-0.15, -0.1) is 0 Å². The van der Waals surface area contributed by atoms with Crippen molar-refractivity contribution in [1.82, 2.24) is 4.98 Å². The Hall–Kier alpha value is -1.26. The maximum atomic E-state index is 6.21. The molecule has 2 aromatic rings. The van der Waals surface area contributed by atoms with E-state index in [1.54, 1.807) is 6.20 Å². The van der Waals surface area contributed by atoms with Crippen LogP contribution in [0.25, 0.3) is 0 Å².